The van der Waals surface area contributed by atoms with Gasteiger partial charge in [-0.15, -0.1) is 0 Å². The normalized spacial score (nSPS) is 10.7. The number of carbonyl (C=O) groups excluding carboxylic acids is 1. The molecule has 0 amide bonds. The number of Topliss-reactive ketones (excluding diaryl/α,β-unsaturated/α-hetero) is 1. The van der Waals surface area contributed by atoms with Gasteiger partial charge in [0.2, 0.25) is 0 Å². The van der Waals surface area contributed by atoms with E-state index in [0.717, 1.165) is 34.0 Å². The number of hydrogen-bond acceptors (Lipinski definition) is 2. The molecule has 0 saturated heterocycles. The van der Waals surface area contributed by atoms with Crippen molar-refractivity contribution in [2.24, 2.45) is 0 Å². The molecular weight excluding hydrogens is 356 g/mol. The van der Waals surface area contributed by atoms with Crippen LogP contribution in [-0.4, -0.2) is 10.4 Å². The minimum Gasteiger partial charge on any atom is -0.353 e. The SMILES string of the molecule is CC(=O)c1c(Nc2ccccc2)c(-c2ccc(C)cc2)n(-c2ccccc2)c1C. The molecule has 0 fully saturated rings. The number of nitrogens with zero attached hydrogens (tertiary/aromatic N) is 1. The van der Waals surface area contributed by atoms with E-state index in [1.807, 2.05) is 55.5 Å². The largest absolute Gasteiger partial charge is 0.353 e. The van der Waals surface area contributed by atoms with E-state index in [9.17, 15) is 4.79 Å². The number of nitrogens with one attached hydrogen (secondary N) is 1. The number of rotatable bonds is 5. The smallest absolute Gasteiger partial charge is 0.163 e. The minimum atomic E-state index is 0.0453. The van der Waals surface area contributed by atoms with Gasteiger partial charge in [0.1, 0.15) is 0 Å². The Kier molecular flexibility index (Phi) is 5.05. The highest BCUT2D eigenvalue weighted by Gasteiger charge is 2.25. The molecule has 0 aliphatic rings. The van der Waals surface area contributed by atoms with Crippen molar-refractivity contribution in [2.75, 3.05) is 5.32 Å². The molecule has 0 spiro atoms. The van der Waals surface area contributed by atoms with Crippen molar-refractivity contribution in [2.45, 2.75) is 20.8 Å². The molecule has 0 atom stereocenters. The molecule has 1 N–H and O–H groups in total. The first-order valence-electron chi connectivity index (χ1n) is 9.77. The third kappa shape index (κ3) is 3.59. The topological polar surface area (TPSA) is 34.0 Å². The average molecular weight is 380 g/mol. The summed E-state index contributed by atoms with van der Waals surface area (Å²) < 4.78 is 2.17. The highest BCUT2D eigenvalue weighted by molar-refractivity contribution is 6.06. The monoisotopic (exact) mass is 380 g/mol. The van der Waals surface area contributed by atoms with E-state index in [0.29, 0.717) is 5.56 Å². The van der Waals surface area contributed by atoms with Gasteiger partial charge >= 0.3 is 0 Å². The van der Waals surface area contributed by atoms with E-state index in [2.05, 4.69) is 53.2 Å². The third-order valence-corrected chi connectivity index (χ3v) is 5.14. The van der Waals surface area contributed by atoms with E-state index in [-0.39, 0.29) is 5.78 Å². The Morgan fingerprint density at radius 3 is 1.97 bits per heavy atom. The van der Waals surface area contributed by atoms with Crippen LogP contribution in [0.2, 0.25) is 0 Å². The Bertz CT molecular complexity index is 1140. The van der Waals surface area contributed by atoms with Crippen molar-refractivity contribution in [1.29, 1.82) is 0 Å². The van der Waals surface area contributed by atoms with Crippen molar-refractivity contribution in [3.8, 4) is 16.9 Å². The summed E-state index contributed by atoms with van der Waals surface area (Å²) in [6.07, 6.45) is 0. The number of aromatic nitrogens is 1. The Balaban J connectivity index is 2.04. The second-order valence-electron chi connectivity index (χ2n) is 7.27. The van der Waals surface area contributed by atoms with Gasteiger partial charge in [-0.1, -0.05) is 66.2 Å². The minimum absolute atomic E-state index is 0.0453. The van der Waals surface area contributed by atoms with Crippen LogP contribution in [0, 0.1) is 13.8 Å². The summed E-state index contributed by atoms with van der Waals surface area (Å²) in [6, 6.07) is 28.6. The summed E-state index contributed by atoms with van der Waals surface area (Å²) in [5.74, 6) is 0.0453. The standard InChI is InChI=1S/C26H24N2O/c1-18-14-16-21(17-15-18)26-25(27-22-10-6-4-7-11-22)24(20(3)29)19(2)28(26)23-12-8-5-9-13-23/h4-17,27H,1-3H3. The first-order chi connectivity index (χ1) is 14.1. The number of para-hydroxylation sites is 2. The van der Waals surface area contributed by atoms with E-state index in [1.54, 1.807) is 6.92 Å². The van der Waals surface area contributed by atoms with E-state index in [4.69, 9.17) is 0 Å². The number of carbonyl (C=O) groups is 1. The van der Waals surface area contributed by atoms with Gasteiger partial charge in [0.25, 0.3) is 0 Å². The maximum absolute atomic E-state index is 12.7. The molecule has 3 aromatic carbocycles. The Morgan fingerprint density at radius 2 is 1.38 bits per heavy atom. The maximum atomic E-state index is 12.7. The fourth-order valence-electron chi connectivity index (χ4n) is 3.79. The fourth-order valence-corrected chi connectivity index (χ4v) is 3.79. The van der Waals surface area contributed by atoms with Crippen LogP contribution in [0.4, 0.5) is 11.4 Å². The molecule has 1 aromatic heterocycles. The van der Waals surface area contributed by atoms with Gasteiger partial charge in [-0.3, -0.25) is 4.79 Å². The quantitative estimate of drug-likeness (QED) is 0.391. The van der Waals surface area contributed by atoms with Crippen molar-refractivity contribution < 1.29 is 4.79 Å². The van der Waals surface area contributed by atoms with Crippen molar-refractivity contribution in [3.63, 3.8) is 0 Å². The summed E-state index contributed by atoms with van der Waals surface area (Å²) in [5.41, 5.74) is 7.72. The zero-order chi connectivity index (χ0) is 20.4. The molecule has 0 bridgehead atoms. The van der Waals surface area contributed by atoms with Crippen molar-refractivity contribution in [3.05, 3.63) is 102 Å². The third-order valence-electron chi connectivity index (χ3n) is 5.14. The van der Waals surface area contributed by atoms with Crippen LogP contribution in [0.3, 0.4) is 0 Å². The van der Waals surface area contributed by atoms with Crippen LogP contribution in [0.5, 0.6) is 0 Å². The predicted molar refractivity (Wildman–Crippen MR) is 120 cm³/mol. The molecule has 0 saturated carbocycles. The molecule has 1 heterocycles. The molecule has 3 heteroatoms. The molecule has 0 radical (unpaired) electrons. The Morgan fingerprint density at radius 1 is 0.793 bits per heavy atom. The molecule has 0 aliphatic carbocycles. The van der Waals surface area contributed by atoms with E-state index >= 15 is 0 Å². The zero-order valence-electron chi connectivity index (χ0n) is 16.9. The van der Waals surface area contributed by atoms with Crippen molar-refractivity contribution in [1.82, 2.24) is 4.57 Å². The lowest BCUT2D eigenvalue weighted by molar-refractivity contribution is 0.101. The number of aryl methyl sites for hydroxylation is 1. The van der Waals surface area contributed by atoms with Crippen LogP contribution in [0.15, 0.2) is 84.9 Å². The van der Waals surface area contributed by atoms with Gasteiger partial charge in [-0.25, -0.2) is 0 Å². The highest BCUT2D eigenvalue weighted by Crippen LogP contribution is 2.40. The first-order valence-corrected chi connectivity index (χ1v) is 9.77. The fraction of sp³-hybridized carbons (Fsp3) is 0.115. The van der Waals surface area contributed by atoms with Crippen LogP contribution in [-0.2, 0) is 0 Å². The van der Waals surface area contributed by atoms with Crippen LogP contribution >= 0.6 is 0 Å². The highest BCUT2D eigenvalue weighted by atomic mass is 16.1. The van der Waals surface area contributed by atoms with Gasteiger partial charge in [-0.2, -0.15) is 0 Å². The van der Waals surface area contributed by atoms with Gasteiger partial charge in [0.15, 0.2) is 5.78 Å². The number of ketones is 1. The molecular formula is C26H24N2O. The van der Waals surface area contributed by atoms with Gasteiger partial charge < -0.3 is 9.88 Å². The summed E-state index contributed by atoms with van der Waals surface area (Å²) in [5, 5.41) is 3.52. The van der Waals surface area contributed by atoms with Crippen LogP contribution in [0.25, 0.3) is 16.9 Å². The van der Waals surface area contributed by atoms with Gasteiger partial charge in [-0.05, 0) is 45.0 Å². The lowest BCUT2D eigenvalue weighted by Gasteiger charge is -2.15. The summed E-state index contributed by atoms with van der Waals surface area (Å²) in [6.45, 7) is 5.72. The summed E-state index contributed by atoms with van der Waals surface area (Å²) >= 11 is 0. The summed E-state index contributed by atoms with van der Waals surface area (Å²) in [4.78, 5) is 12.7. The Labute approximate surface area is 171 Å². The zero-order valence-corrected chi connectivity index (χ0v) is 16.9. The molecule has 29 heavy (non-hydrogen) atoms. The lowest BCUT2D eigenvalue weighted by atomic mass is 10.0. The summed E-state index contributed by atoms with van der Waals surface area (Å²) in [7, 11) is 0. The van der Waals surface area contributed by atoms with Crippen molar-refractivity contribution >= 4 is 17.2 Å². The lowest BCUT2D eigenvalue weighted by Crippen LogP contribution is -2.01. The molecule has 3 nitrogen and oxygen atoms in total. The number of benzene rings is 3. The molecule has 0 aliphatic heterocycles. The average Bonchev–Trinajstić information content (AvgIpc) is 3.02. The number of hydrogen-bond donors (Lipinski definition) is 1. The van der Waals surface area contributed by atoms with E-state index in [1.165, 1.54) is 5.56 Å². The molecule has 144 valence electrons. The van der Waals surface area contributed by atoms with E-state index < -0.39 is 0 Å². The molecule has 4 aromatic rings. The molecule has 4 rings (SSSR count). The molecule has 0 unspecified atom stereocenters. The van der Waals surface area contributed by atoms with Gasteiger partial charge in [0, 0.05) is 22.6 Å². The second kappa shape index (κ2) is 7.80. The predicted octanol–water partition coefficient (Wildman–Crippen LogP) is 6.71. The number of anilines is 2. The maximum Gasteiger partial charge on any atom is 0.163 e. The van der Waals surface area contributed by atoms with Crippen LogP contribution < -0.4 is 5.32 Å². The Hall–Kier alpha value is -3.59. The first kappa shape index (κ1) is 18.8. The van der Waals surface area contributed by atoms with Gasteiger partial charge in [0.05, 0.1) is 16.9 Å². The second-order valence-corrected chi connectivity index (χ2v) is 7.27. The van der Waals surface area contributed by atoms with Crippen LogP contribution in [0.1, 0.15) is 28.5 Å².